The molecule has 0 aliphatic heterocycles. The van der Waals surface area contributed by atoms with E-state index >= 15 is 0 Å². The minimum Gasteiger partial charge on any atom is -0.504 e. The summed E-state index contributed by atoms with van der Waals surface area (Å²) in [5, 5.41) is 32.8. The smallest absolute Gasteiger partial charge is 0.160 e. The summed E-state index contributed by atoms with van der Waals surface area (Å²) in [5.41, 5.74) is 1.95. The number of fused-ring (bicyclic) bond motifs is 5. The van der Waals surface area contributed by atoms with E-state index in [1.54, 1.807) is 13.2 Å². The van der Waals surface area contributed by atoms with Gasteiger partial charge in [-0.25, -0.2) is 0 Å². The first-order valence-electron chi connectivity index (χ1n) is 22.3. The zero-order valence-corrected chi connectivity index (χ0v) is 34.5. The van der Waals surface area contributed by atoms with Gasteiger partial charge in [-0.1, -0.05) is 85.6 Å². The van der Waals surface area contributed by atoms with E-state index in [9.17, 15) is 10.2 Å². The van der Waals surface area contributed by atoms with Crippen LogP contribution in [0.3, 0.4) is 0 Å². The average Bonchev–Trinajstić information content (AvgIpc) is 3.47. The summed E-state index contributed by atoms with van der Waals surface area (Å²) in [7, 11) is 1.57. The number of phenolic OH excluding ortho intramolecular Hbond substituents is 1. The Balaban J connectivity index is 0.901. The highest BCUT2D eigenvalue weighted by atomic mass is 16.5. The summed E-state index contributed by atoms with van der Waals surface area (Å²) >= 11 is 0. The van der Waals surface area contributed by atoms with Crippen LogP contribution in [-0.4, -0.2) is 55.6 Å². The largest absolute Gasteiger partial charge is 0.504 e. The first-order valence-corrected chi connectivity index (χ1v) is 22.3. The SMILES string of the molecule is COc1ccc(CNCCCNCCCCCCCCN[C@H]2CC[C@]3(C)C4CC[C@@]5(C)C(CC[C@@H]5[C@H](C)CCCC(C)C)C4[C@@H](O)C[C@@H]3C2)cc1O. The van der Waals surface area contributed by atoms with Crippen molar-refractivity contribution in [2.45, 2.75) is 169 Å². The Morgan fingerprint density at radius 3 is 2.21 bits per heavy atom. The number of unbranched alkanes of at least 4 members (excludes halogenated alkanes) is 5. The van der Waals surface area contributed by atoms with Gasteiger partial charge in [-0.15, -0.1) is 0 Å². The number of rotatable bonds is 22. The molecule has 4 aliphatic carbocycles. The number of aliphatic hydroxyl groups is 1. The standard InChI is InChI=1S/C46H81N3O3/c1-33(2)15-13-16-34(3)38-18-19-39-44-40(22-24-46(38,39)5)45(4)23-21-37(30-36(45)31-42(44)51)49-28-12-10-8-7-9-11-25-47-26-14-27-48-32-35-17-20-43(52-6)41(50)29-35/h17,20,29,33-34,36-40,42,44,47-51H,7-16,18-19,21-28,30-32H2,1-6H3/t34-,36+,37+,38-,39?,40?,42+,44?,45+,46-/m1/s1. The molecule has 0 bridgehead atoms. The molecule has 6 nitrogen and oxygen atoms in total. The number of hydrogen-bond acceptors (Lipinski definition) is 6. The van der Waals surface area contributed by atoms with Crippen LogP contribution < -0.4 is 20.7 Å². The fourth-order valence-corrected chi connectivity index (χ4v) is 12.4. The highest BCUT2D eigenvalue weighted by molar-refractivity contribution is 5.41. The molecular formula is C46H81N3O3. The fraction of sp³-hybridized carbons (Fsp3) is 0.870. The van der Waals surface area contributed by atoms with Crippen LogP contribution in [0.15, 0.2) is 18.2 Å². The molecule has 4 saturated carbocycles. The van der Waals surface area contributed by atoms with Crippen molar-refractivity contribution in [3.05, 3.63) is 23.8 Å². The number of hydrogen-bond donors (Lipinski definition) is 5. The van der Waals surface area contributed by atoms with Crippen molar-refractivity contribution in [2.75, 3.05) is 33.3 Å². The molecule has 0 aromatic heterocycles. The highest BCUT2D eigenvalue weighted by Crippen LogP contribution is 2.68. The lowest BCUT2D eigenvalue weighted by molar-refractivity contribution is -0.167. The molecule has 6 heteroatoms. The molecule has 3 unspecified atom stereocenters. The molecule has 0 spiro atoms. The second-order valence-electron chi connectivity index (χ2n) is 19.2. The van der Waals surface area contributed by atoms with E-state index in [1.807, 2.05) is 12.1 Å². The van der Waals surface area contributed by atoms with E-state index in [4.69, 9.17) is 4.74 Å². The number of methoxy groups -OCH3 is 1. The predicted molar refractivity (Wildman–Crippen MR) is 218 cm³/mol. The lowest BCUT2D eigenvalue weighted by Gasteiger charge is -2.62. The van der Waals surface area contributed by atoms with Crippen LogP contribution in [0.25, 0.3) is 0 Å². The third-order valence-corrected chi connectivity index (χ3v) is 15.4. The maximum Gasteiger partial charge on any atom is 0.160 e. The molecule has 0 amide bonds. The first kappa shape index (κ1) is 41.8. The van der Waals surface area contributed by atoms with Gasteiger partial charge in [0.1, 0.15) is 0 Å². The van der Waals surface area contributed by atoms with Crippen LogP contribution in [0.5, 0.6) is 11.5 Å². The quantitative estimate of drug-likeness (QED) is 0.0767. The van der Waals surface area contributed by atoms with Crippen molar-refractivity contribution < 1.29 is 14.9 Å². The Morgan fingerprint density at radius 1 is 0.769 bits per heavy atom. The number of phenols is 1. The van der Waals surface area contributed by atoms with Gasteiger partial charge in [0.25, 0.3) is 0 Å². The van der Waals surface area contributed by atoms with Crippen molar-refractivity contribution in [2.24, 2.45) is 52.3 Å². The lowest BCUT2D eigenvalue weighted by Crippen LogP contribution is -2.59. The highest BCUT2D eigenvalue weighted by Gasteiger charge is 2.62. The topological polar surface area (TPSA) is 85.8 Å². The normalized spacial score (nSPS) is 33.4. The van der Waals surface area contributed by atoms with Gasteiger partial charge in [0, 0.05) is 12.6 Å². The minimum atomic E-state index is -0.0821. The summed E-state index contributed by atoms with van der Waals surface area (Å²) in [6.45, 7) is 17.7. The Bertz CT molecular complexity index is 1190. The van der Waals surface area contributed by atoms with Gasteiger partial charge >= 0.3 is 0 Å². The summed E-state index contributed by atoms with van der Waals surface area (Å²) in [6.07, 6.45) is 23.7. The van der Waals surface area contributed by atoms with Gasteiger partial charge in [0.15, 0.2) is 11.5 Å². The van der Waals surface area contributed by atoms with Crippen molar-refractivity contribution in [3.63, 3.8) is 0 Å². The van der Waals surface area contributed by atoms with Gasteiger partial charge < -0.3 is 30.9 Å². The minimum absolute atomic E-state index is 0.0821. The summed E-state index contributed by atoms with van der Waals surface area (Å²) < 4.78 is 5.11. The van der Waals surface area contributed by atoms with Crippen LogP contribution in [0.4, 0.5) is 0 Å². The summed E-state index contributed by atoms with van der Waals surface area (Å²) in [4.78, 5) is 0. The Hall–Kier alpha value is -1.34. The molecule has 1 aromatic carbocycles. The van der Waals surface area contributed by atoms with E-state index in [2.05, 4.69) is 50.6 Å². The molecule has 1 aromatic rings. The zero-order valence-electron chi connectivity index (χ0n) is 34.5. The molecule has 0 radical (unpaired) electrons. The van der Waals surface area contributed by atoms with Crippen molar-refractivity contribution >= 4 is 0 Å². The van der Waals surface area contributed by atoms with E-state index in [0.29, 0.717) is 34.5 Å². The summed E-state index contributed by atoms with van der Waals surface area (Å²) in [5.74, 6) is 5.94. The van der Waals surface area contributed by atoms with E-state index in [0.717, 1.165) is 80.7 Å². The zero-order chi connectivity index (χ0) is 37.1. The van der Waals surface area contributed by atoms with Gasteiger partial charge in [-0.3, -0.25) is 0 Å². The molecule has 4 aliphatic rings. The Kier molecular flexibility index (Phi) is 16.1. The molecular weight excluding hydrogens is 643 g/mol. The molecule has 4 fully saturated rings. The Labute approximate surface area is 319 Å². The van der Waals surface area contributed by atoms with Crippen LogP contribution in [0.2, 0.25) is 0 Å². The van der Waals surface area contributed by atoms with Crippen molar-refractivity contribution in [1.29, 1.82) is 0 Å². The second-order valence-corrected chi connectivity index (χ2v) is 19.2. The Morgan fingerprint density at radius 2 is 1.46 bits per heavy atom. The third-order valence-electron chi connectivity index (χ3n) is 15.4. The monoisotopic (exact) mass is 724 g/mol. The fourth-order valence-electron chi connectivity index (χ4n) is 12.4. The number of aliphatic hydroxyl groups excluding tert-OH is 1. The molecule has 0 heterocycles. The molecule has 5 rings (SSSR count). The van der Waals surface area contributed by atoms with E-state index in [1.165, 1.54) is 103 Å². The molecule has 5 N–H and O–H groups in total. The number of aromatic hydroxyl groups is 1. The van der Waals surface area contributed by atoms with Crippen LogP contribution in [0, 0.1) is 52.3 Å². The van der Waals surface area contributed by atoms with E-state index < -0.39 is 0 Å². The van der Waals surface area contributed by atoms with Crippen LogP contribution >= 0.6 is 0 Å². The van der Waals surface area contributed by atoms with Gasteiger partial charge in [-0.2, -0.15) is 0 Å². The predicted octanol–water partition coefficient (Wildman–Crippen LogP) is 9.86. The molecule has 298 valence electrons. The van der Waals surface area contributed by atoms with Gasteiger partial charge in [0.05, 0.1) is 13.2 Å². The third kappa shape index (κ3) is 10.5. The van der Waals surface area contributed by atoms with Crippen molar-refractivity contribution in [1.82, 2.24) is 16.0 Å². The number of benzene rings is 1. The molecule has 52 heavy (non-hydrogen) atoms. The number of nitrogens with one attached hydrogen (secondary N) is 3. The molecule has 0 saturated heterocycles. The second kappa shape index (κ2) is 20.0. The van der Waals surface area contributed by atoms with E-state index in [-0.39, 0.29) is 11.9 Å². The maximum absolute atomic E-state index is 11.9. The van der Waals surface area contributed by atoms with Gasteiger partial charge in [0.2, 0.25) is 0 Å². The lowest BCUT2D eigenvalue weighted by atomic mass is 9.43. The van der Waals surface area contributed by atoms with Crippen molar-refractivity contribution in [3.8, 4) is 11.5 Å². The molecule has 10 atom stereocenters. The summed E-state index contributed by atoms with van der Waals surface area (Å²) in [6, 6.07) is 6.23. The van der Waals surface area contributed by atoms with Gasteiger partial charge in [-0.05, 0) is 167 Å². The number of ether oxygens (including phenoxy) is 1. The first-order chi connectivity index (χ1) is 25.1. The van der Waals surface area contributed by atoms with Crippen LogP contribution in [0.1, 0.15) is 156 Å². The average molecular weight is 724 g/mol. The van der Waals surface area contributed by atoms with Crippen LogP contribution in [-0.2, 0) is 6.54 Å². The maximum atomic E-state index is 11.9.